The van der Waals surface area contributed by atoms with Crippen LogP contribution in [0.2, 0.25) is 0 Å². The molecule has 0 heterocycles. The maximum Gasteiger partial charge on any atom is 0.472 e. The van der Waals surface area contributed by atoms with Gasteiger partial charge >= 0.3 is 39.5 Å². The van der Waals surface area contributed by atoms with E-state index < -0.39 is 97.5 Å². The normalized spacial score (nSPS) is 14.6. The predicted octanol–water partition coefficient (Wildman–Crippen LogP) is 22.9. The molecule has 0 aliphatic heterocycles. The van der Waals surface area contributed by atoms with E-state index in [4.69, 9.17) is 37.0 Å². The van der Waals surface area contributed by atoms with Crippen LogP contribution in [0.1, 0.15) is 310 Å². The minimum Gasteiger partial charge on any atom is -0.462 e. The number of aliphatic hydroxyl groups excluding tert-OH is 1. The number of hydrogen-bond acceptors (Lipinski definition) is 15. The Morgan fingerprint density at radius 2 is 0.520 bits per heavy atom. The number of hydrogen-bond donors (Lipinski definition) is 3. The average molecular weight is 1470 g/mol. The van der Waals surface area contributed by atoms with Gasteiger partial charge in [0.15, 0.2) is 12.2 Å². The van der Waals surface area contributed by atoms with Crippen molar-refractivity contribution >= 4 is 39.5 Å². The van der Waals surface area contributed by atoms with E-state index in [1.165, 1.54) is 96.3 Å². The number of ether oxygens (including phenoxy) is 4. The fourth-order valence-corrected chi connectivity index (χ4v) is 11.7. The van der Waals surface area contributed by atoms with E-state index in [-0.39, 0.29) is 25.7 Å². The molecule has 0 aromatic rings. The Bertz CT molecular complexity index is 2460. The Kier molecular flexibility index (Phi) is 71.0. The molecule has 0 amide bonds. The molecule has 0 saturated carbocycles. The van der Waals surface area contributed by atoms with Crippen LogP contribution in [0.5, 0.6) is 0 Å². The highest BCUT2D eigenvalue weighted by Gasteiger charge is 2.30. The lowest BCUT2D eigenvalue weighted by molar-refractivity contribution is -0.161. The van der Waals surface area contributed by atoms with Crippen LogP contribution in [0.4, 0.5) is 0 Å². The summed E-state index contributed by atoms with van der Waals surface area (Å²) in [7, 11) is -9.99. The van der Waals surface area contributed by atoms with Crippen LogP contribution in [-0.2, 0) is 65.4 Å². The summed E-state index contributed by atoms with van der Waals surface area (Å²) < 4.78 is 68.4. The van der Waals surface area contributed by atoms with Crippen molar-refractivity contribution < 1.29 is 80.2 Å². The molecule has 19 heteroatoms. The van der Waals surface area contributed by atoms with E-state index in [1.54, 1.807) is 0 Å². The number of phosphoric ester groups is 2. The van der Waals surface area contributed by atoms with Gasteiger partial charge in [0.1, 0.15) is 19.3 Å². The van der Waals surface area contributed by atoms with Gasteiger partial charge in [-0.3, -0.25) is 37.3 Å². The predicted molar refractivity (Wildman–Crippen MR) is 418 cm³/mol. The molecule has 0 saturated heterocycles. The van der Waals surface area contributed by atoms with Gasteiger partial charge < -0.3 is 33.8 Å². The van der Waals surface area contributed by atoms with Crippen molar-refractivity contribution in [3.63, 3.8) is 0 Å². The SMILES string of the molecule is CC/C=C\C/C=C\C/C=C\C/C=C\C/C=C\CCCC(=O)OCC(COP(=O)(O)OCC(O)COP(=O)(O)OCC(COC(=O)CCCCCCCCCCCCCCCCC)OC(=O)CCCCCCC/C=C\CCCCCC)OC(=O)CCC/C=C\C/C=C\C/C=C\C/C=C\C/C=C\CC. The molecule has 5 unspecified atom stereocenters. The van der Waals surface area contributed by atoms with Gasteiger partial charge in [0, 0.05) is 25.7 Å². The zero-order valence-corrected chi connectivity index (χ0v) is 65.5. The maximum absolute atomic E-state index is 13.1. The number of carbonyl (C=O) groups excluding carboxylic acids is 4. The van der Waals surface area contributed by atoms with Gasteiger partial charge in [-0.2, -0.15) is 0 Å². The summed E-state index contributed by atoms with van der Waals surface area (Å²) in [5.74, 6) is -2.32. The largest absolute Gasteiger partial charge is 0.472 e. The summed E-state index contributed by atoms with van der Waals surface area (Å²) in [4.78, 5) is 72.9. The molecule has 584 valence electrons. The van der Waals surface area contributed by atoms with Crippen molar-refractivity contribution in [2.45, 2.75) is 329 Å². The molecule has 0 spiro atoms. The standard InChI is InChI=1S/C83H140O17P2/c1-5-9-13-17-21-25-29-33-36-38-41-45-48-52-56-60-64-68-81(86)94-74-79(100-83(88)70-66-62-58-54-50-46-42-39-37-34-30-26-22-18-14-10-6-2)76-98-102(91,92)96-72-77(84)71-95-101(89,90)97-75-78(99-82(87)69-65-61-57-53-49-43-32-28-24-20-16-12-8-4)73-93-80(85)67-63-59-55-51-47-44-40-35-31-27-23-19-15-11-7-3/h9-10,13-14,21-22,25-26,28,32-34,36-37,41-42,45-46,52,54,56,58,77-79,84H,5-8,11-12,15-20,23-24,27,29-31,35,38-40,43-44,47-51,53,55,57,59-76H2,1-4H3,(H,89,90)(H,91,92)/b13-9-,14-10-,25-21-,26-22-,32-28-,36-33-,37-34-,45-41-,46-42-,56-52-,58-54-. The third-order valence-corrected chi connectivity index (χ3v) is 18.0. The number of phosphoric acid groups is 2. The van der Waals surface area contributed by atoms with E-state index in [0.29, 0.717) is 38.5 Å². The van der Waals surface area contributed by atoms with Gasteiger partial charge in [-0.05, 0) is 128 Å². The number of esters is 4. The second kappa shape index (κ2) is 74.5. The number of carbonyl (C=O) groups is 4. The molecule has 0 aromatic carbocycles. The molecule has 5 atom stereocenters. The summed E-state index contributed by atoms with van der Waals surface area (Å²) in [5.41, 5.74) is 0. The Labute approximate surface area is 618 Å². The highest BCUT2D eigenvalue weighted by Crippen LogP contribution is 2.45. The Balaban J connectivity index is 5.46. The van der Waals surface area contributed by atoms with E-state index in [9.17, 15) is 43.2 Å². The molecule has 0 bridgehead atoms. The van der Waals surface area contributed by atoms with Crippen molar-refractivity contribution in [2.24, 2.45) is 0 Å². The van der Waals surface area contributed by atoms with Crippen molar-refractivity contribution in [3.8, 4) is 0 Å². The second-order valence-corrected chi connectivity index (χ2v) is 28.8. The van der Waals surface area contributed by atoms with Crippen molar-refractivity contribution in [3.05, 3.63) is 134 Å². The van der Waals surface area contributed by atoms with Gasteiger partial charge in [-0.1, -0.05) is 290 Å². The van der Waals surface area contributed by atoms with Crippen LogP contribution in [0, 0.1) is 0 Å². The third-order valence-electron chi connectivity index (χ3n) is 16.1. The van der Waals surface area contributed by atoms with E-state index in [1.807, 2.05) is 24.3 Å². The number of unbranched alkanes of at least 4 members (excludes halogenated alkanes) is 25. The van der Waals surface area contributed by atoms with Crippen molar-refractivity contribution in [1.29, 1.82) is 0 Å². The van der Waals surface area contributed by atoms with Crippen LogP contribution < -0.4 is 0 Å². The topological polar surface area (TPSA) is 237 Å². The van der Waals surface area contributed by atoms with Gasteiger partial charge in [0.05, 0.1) is 26.4 Å². The first kappa shape index (κ1) is 97.2. The molecule has 0 aliphatic carbocycles. The first-order valence-electron chi connectivity index (χ1n) is 39.4. The number of aliphatic hydroxyl groups is 1. The summed E-state index contributed by atoms with van der Waals surface area (Å²) in [6.45, 7) is 4.51. The highest BCUT2D eigenvalue weighted by molar-refractivity contribution is 7.47. The lowest BCUT2D eigenvalue weighted by atomic mass is 10.0. The van der Waals surface area contributed by atoms with Gasteiger partial charge in [0.25, 0.3) is 0 Å². The molecule has 102 heavy (non-hydrogen) atoms. The molecule has 0 fully saturated rings. The monoisotopic (exact) mass is 1470 g/mol. The van der Waals surface area contributed by atoms with Crippen molar-refractivity contribution in [2.75, 3.05) is 39.6 Å². The zero-order valence-electron chi connectivity index (χ0n) is 63.7. The second-order valence-electron chi connectivity index (χ2n) is 25.9. The fourth-order valence-electron chi connectivity index (χ4n) is 10.2. The van der Waals surface area contributed by atoms with Crippen LogP contribution >= 0.6 is 15.6 Å². The summed E-state index contributed by atoms with van der Waals surface area (Å²) in [6.07, 6.45) is 83.1. The molecule has 3 N–H and O–H groups in total. The molecule has 0 aliphatic rings. The van der Waals surface area contributed by atoms with Crippen LogP contribution in [0.3, 0.4) is 0 Å². The zero-order chi connectivity index (χ0) is 74.6. The molecule has 0 aromatic heterocycles. The molecular formula is C83H140O17P2. The van der Waals surface area contributed by atoms with Crippen molar-refractivity contribution in [1.82, 2.24) is 0 Å². The van der Waals surface area contributed by atoms with Gasteiger partial charge in [-0.15, -0.1) is 0 Å². The minimum atomic E-state index is -5.01. The average Bonchev–Trinajstić information content (AvgIpc) is 0.959. The Morgan fingerprint density at radius 3 is 0.853 bits per heavy atom. The molecule has 0 radical (unpaired) electrons. The maximum atomic E-state index is 13.1. The third kappa shape index (κ3) is 73.5. The minimum absolute atomic E-state index is 0.000873. The van der Waals surface area contributed by atoms with E-state index >= 15 is 0 Å². The quantitative estimate of drug-likeness (QED) is 0.0169. The first-order valence-corrected chi connectivity index (χ1v) is 42.4. The Hall–Kier alpha value is -4.80. The highest BCUT2D eigenvalue weighted by atomic mass is 31.2. The smallest absolute Gasteiger partial charge is 0.462 e. The summed E-state index contributed by atoms with van der Waals surface area (Å²) in [5, 5.41) is 10.6. The lowest BCUT2D eigenvalue weighted by Crippen LogP contribution is -2.30. The molecular weight excluding hydrogens is 1330 g/mol. The van der Waals surface area contributed by atoms with E-state index in [2.05, 4.69) is 137 Å². The van der Waals surface area contributed by atoms with Gasteiger partial charge in [-0.25, -0.2) is 9.13 Å². The van der Waals surface area contributed by atoms with E-state index in [0.717, 1.165) is 122 Å². The van der Waals surface area contributed by atoms with Gasteiger partial charge in [0.2, 0.25) is 0 Å². The summed E-state index contributed by atoms with van der Waals surface area (Å²) >= 11 is 0. The molecule has 0 rings (SSSR count). The van der Waals surface area contributed by atoms with Crippen LogP contribution in [-0.4, -0.2) is 96.7 Å². The number of rotatable bonds is 73. The fraction of sp³-hybridized carbons (Fsp3) is 0.687. The van der Waals surface area contributed by atoms with Crippen LogP contribution in [0.25, 0.3) is 0 Å². The van der Waals surface area contributed by atoms with Crippen LogP contribution in [0.15, 0.2) is 134 Å². The molecule has 17 nitrogen and oxygen atoms in total. The lowest BCUT2D eigenvalue weighted by Gasteiger charge is -2.21. The Morgan fingerprint density at radius 1 is 0.284 bits per heavy atom. The first-order chi connectivity index (χ1) is 49.7. The number of allylic oxidation sites excluding steroid dienone is 22. The summed E-state index contributed by atoms with van der Waals surface area (Å²) in [6, 6.07) is 0.